The van der Waals surface area contributed by atoms with E-state index in [1.54, 1.807) is 0 Å². The van der Waals surface area contributed by atoms with E-state index in [-0.39, 0.29) is 6.10 Å². The van der Waals surface area contributed by atoms with Gasteiger partial charge in [-0.1, -0.05) is 13.3 Å². The first-order valence-electron chi connectivity index (χ1n) is 7.05. The van der Waals surface area contributed by atoms with Crippen LogP contribution in [0, 0.1) is 6.92 Å². The van der Waals surface area contributed by atoms with Gasteiger partial charge in [-0.05, 0) is 44.7 Å². The van der Waals surface area contributed by atoms with Crippen LogP contribution in [0.5, 0.6) is 5.88 Å². The molecular formula is C15H24N2O. The summed E-state index contributed by atoms with van der Waals surface area (Å²) in [6.07, 6.45) is 5.10. The molecule has 2 rings (SSSR count). The smallest absolute Gasteiger partial charge is 0.214 e. The van der Waals surface area contributed by atoms with Crippen LogP contribution in [0.3, 0.4) is 0 Å². The highest BCUT2D eigenvalue weighted by molar-refractivity contribution is 5.25. The molecule has 0 saturated heterocycles. The highest BCUT2D eigenvalue weighted by atomic mass is 16.5. The van der Waals surface area contributed by atoms with E-state index < -0.39 is 0 Å². The lowest BCUT2D eigenvalue weighted by Gasteiger charge is -2.14. The third kappa shape index (κ3) is 4.30. The first kappa shape index (κ1) is 13.3. The van der Waals surface area contributed by atoms with Crippen LogP contribution in [0.1, 0.15) is 50.8 Å². The largest absolute Gasteiger partial charge is 0.475 e. The number of nitrogens with zero attached hydrogens (tertiary/aromatic N) is 1. The maximum Gasteiger partial charge on any atom is 0.214 e. The maximum atomic E-state index is 5.86. The van der Waals surface area contributed by atoms with E-state index in [1.807, 2.05) is 6.92 Å². The molecule has 100 valence electrons. The molecule has 0 amide bonds. The Morgan fingerprint density at radius 1 is 1.44 bits per heavy atom. The molecule has 0 radical (unpaired) electrons. The second-order valence-corrected chi connectivity index (χ2v) is 5.33. The van der Waals surface area contributed by atoms with Gasteiger partial charge in [0, 0.05) is 24.3 Å². The zero-order chi connectivity index (χ0) is 13.0. The lowest BCUT2D eigenvalue weighted by molar-refractivity contribution is 0.201. The Hall–Kier alpha value is -1.09. The van der Waals surface area contributed by atoms with Crippen molar-refractivity contribution in [2.24, 2.45) is 0 Å². The van der Waals surface area contributed by atoms with Crippen molar-refractivity contribution >= 4 is 0 Å². The van der Waals surface area contributed by atoms with E-state index in [0.29, 0.717) is 0 Å². The molecule has 0 spiro atoms. The Bertz CT molecular complexity index is 388. The quantitative estimate of drug-likeness (QED) is 0.804. The fraction of sp³-hybridized carbons (Fsp3) is 0.667. The molecule has 1 unspecified atom stereocenters. The van der Waals surface area contributed by atoms with Gasteiger partial charge in [-0.25, -0.2) is 4.98 Å². The van der Waals surface area contributed by atoms with Gasteiger partial charge in [-0.15, -0.1) is 0 Å². The minimum Gasteiger partial charge on any atom is -0.475 e. The number of hydrogen-bond donors (Lipinski definition) is 1. The zero-order valence-corrected chi connectivity index (χ0v) is 11.7. The Morgan fingerprint density at radius 2 is 2.22 bits per heavy atom. The van der Waals surface area contributed by atoms with Crippen molar-refractivity contribution < 1.29 is 4.74 Å². The number of ether oxygens (including phenoxy) is 1. The van der Waals surface area contributed by atoms with Crippen molar-refractivity contribution in [2.45, 2.75) is 65.1 Å². The van der Waals surface area contributed by atoms with Gasteiger partial charge >= 0.3 is 0 Å². The van der Waals surface area contributed by atoms with Crippen LogP contribution in [-0.2, 0) is 6.54 Å². The van der Waals surface area contributed by atoms with Crippen LogP contribution in [0.2, 0.25) is 0 Å². The van der Waals surface area contributed by atoms with Gasteiger partial charge in [0.2, 0.25) is 5.88 Å². The number of aromatic nitrogens is 1. The Labute approximate surface area is 110 Å². The van der Waals surface area contributed by atoms with Gasteiger partial charge in [0.25, 0.3) is 0 Å². The summed E-state index contributed by atoms with van der Waals surface area (Å²) in [6, 6.07) is 4.93. The molecule has 0 aromatic carbocycles. The summed E-state index contributed by atoms with van der Waals surface area (Å²) in [6.45, 7) is 7.23. The fourth-order valence-corrected chi connectivity index (χ4v) is 2.09. The number of rotatable bonds is 7. The number of hydrogen-bond acceptors (Lipinski definition) is 3. The molecule has 1 atom stereocenters. The summed E-state index contributed by atoms with van der Waals surface area (Å²) in [4.78, 5) is 4.45. The van der Waals surface area contributed by atoms with Crippen LogP contribution < -0.4 is 10.1 Å². The Balaban J connectivity index is 1.95. The minimum atomic E-state index is 0.244. The summed E-state index contributed by atoms with van der Waals surface area (Å²) >= 11 is 0. The second-order valence-electron chi connectivity index (χ2n) is 5.33. The lowest BCUT2D eigenvalue weighted by atomic mass is 10.2. The van der Waals surface area contributed by atoms with Gasteiger partial charge in [0.1, 0.15) is 0 Å². The molecule has 3 heteroatoms. The van der Waals surface area contributed by atoms with E-state index in [1.165, 1.54) is 18.4 Å². The van der Waals surface area contributed by atoms with E-state index >= 15 is 0 Å². The van der Waals surface area contributed by atoms with E-state index in [4.69, 9.17) is 4.74 Å². The molecule has 18 heavy (non-hydrogen) atoms. The number of nitrogens with one attached hydrogen (secondary N) is 1. The average molecular weight is 248 g/mol. The summed E-state index contributed by atoms with van der Waals surface area (Å²) in [7, 11) is 0. The minimum absolute atomic E-state index is 0.244. The highest BCUT2D eigenvalue weighted by Crippen LogP contribution is 2.20. The molecule has 1 fully saturated rings. The molecule has 1 aliphatic carbocycles. The Morgan fingerprint density at radius 3 is 2.89 bits per heavy atom. The molecule has 1 aliphatic rings. The van der Waals surface area contributed by atoms with Crippen LogP contribution >= 0.6 is 0 Å². The first-order valence-corrected chi connectivity index (χ1v) is 7.05. The Kier molecular flexibility index (Phi) is 4.59. The van der Waals surface area contributed by atoms with Crippen LogP contribution in [0.25, 0.3) is 0 Å². The van der Waals surface area contributed by atoms with Crippen molar-refractivity contribution in [1.82, 2.24) is 10.3 Å². The summed E-state index contributed by atoms with van der Waals surface area (Å²) in [5, 5.41) is 3.52. The maximum absolute atomic E-state index is 5.86. The van der Waals surface area contributed by atoms with Gasteiger partial charge in [0.05, 0.1) is 6.10 Å². The monoisotopic (exact) mass is 248 g/mol. The third-order valence-electron chi connectivity index (χ3n) is 3.18. The van der Waals surface area contributed by atoms with E-state index in [2.05, 4.69) is 36.3 Å². The second kappa shape index (κ2) is 6.19. The van der Waals surface area contributed by atoms with Crippen molar-refractivity contribution in [3.8, 4) is 5.88 Å². The standard InChI is InChI=1S/C15H24N2O/c1-4-5-12(3)18-15-9-13(8-11(2)17-15)10-16-14-6-7-14/h8-9,12,14,16H,4-7,10H2,1-3H3. The van der Waals surface area contributed by atoms with Gasteiger partial charge in [-0.3, -0.25) is 0 Å². The molecule has 0 aliphatic heterocycles. The predicted octanol–water partition coefficient (Wildman–Crippen LogP) is 3.21. The normalized spacial score (nSPS) is 16.6. The molecule has 1 aromatic heterocycles. The van der Waals surface area contributed by atoms with Crippen molar-refractivity contribution in [2.75, 3.05) is 0 Å². The van der Waals surface area contributed by atoms with Crippen molar-refractivity contribution in [3.05, 3.63) is 23.4 Å². The molecule has 1 aromatic rings. The highest BCUT2D eigenvalue weighted by Gasteiger charge is 2.20. The SMILES string of the molecule is CCCC(C)Oc1cc(CNC2CC2)cc(C)n1. The van der Waals surface area contributed by atoms with Crippen molar-refractivity contribution in [1.29, 1.82) is 0 Å². The number of pyridine rings is 1. The van der Waals surface area contributed by atoms with Crippen LogP contribution in [0.15, 0.2) is 12.1 Å². The van der Waals surface area contributed by atoms with Crippen LogP contribution in [-0.4, -0.2) is 17.1 Å². The summed E-state index contributed by atoms with van der Waals surface area (Å²) in [5.41, 5.74) is 2.30. The van der Waals surface area contributed by atoms with Gasteiger partial charge in [0.15, 0.2) is 0 Å². The number of aryl methyl sites for hydroxylation is 1. The summed E-state index contributed by atoms with van der Waals surface area (Å²) in [5.74, 6) is 0.767. The first-order chi connectivity index (χ1) is 8.67. The molecule has 3 nitrogen and oxygen atoms in total. The molecule has 1 N–H and O–H groups in total. The summed E-state index contributed by atoms with van der Waals surface area (Å²) < 4.78 is 5.86. The van der Waals surface area contributed by atoms with E-state index in [9.17, 15) is 0 Å². The van der Waals surface area contributed by atoms with Crippen LogP contribution in [0.4, 0.5) is 0 Å². The van der Waals surface area contributed by atoms with Gasteiger partial charge < -0.3 is 10.1 Å². The topological polar surface area (TPSA) is 34.1 Å². The van der Waals surface area contributed by atoms with E-state index in [0.717, 1.165) is 37.0 Å². The fourth-order valence-electron chi connectivity index (χ4n) is 2.09. The van der Waals surface area contributed by atoms with Gasteiger partial charge in [-0.2, -0.15) is 0 Å². The molecule has 1 saturated carbocycles. The predicted molar refractivity (Wildman–Crippen MR) is 73.8 cm³/mol. The lowest BCUT2D eigenvalue weighted by Crippen LogP contribution is -2.16. The molecule has 1 heterocycles. The third-order valence-corrected chi connectivity index (χ3v) is 3.18. The molecular weight excluding hydrogens is 224 g/mol. The zero-order valence-electron chi connectivity index (χ0n) is 11.7. The van der Waals surface area contributed by atoms with Crippen molar-refractivity contribution in [3.63, 3.8) is 0 Å². The average Bonchev–Trinajstić information content (AvgIpc) is 3.09. The molecule has 0 bridgehead atoms.